The lowest BCUT2D eigenvalue weighted by Crippen LogP contribution is -2.05. The molecule has 0 N–H and O–H groups in total. The predicted molar refractivity (Wildman–Crippen MR) is 81.7 cm³/mol. The van der Waals surface area contributed by atoms with Gasteiger partial charge in [-0.25, -0.2) is 0 Å². The number of ether oxygens (including phenoxy) is 1. The third-order valence-corrected chi connectivity index (χ3v) is 3.84. The average molecular weight is 278 g/mol. The van der Waals surface area contributed by atoms with Gasteiger partial charge in [0.25, 0.3) is 0 Å². The molecule has 21 heavy (non-hydrogen) atoms. The SMILES string of the molecule is C[C@@H]1Cc2c(ccc3c(=O)cc(-c4ccccc4)oc23)O1. The molecule has 4 rings (SSSR count). The molecule has 0 saturated heterocycles. The Labute approximate surface area is 121 Å². The Balaban J connectivity index is 2.01. The van der Waals surface area contributed by atoms with Crippen LogP contribution in [0.3, 0.4) is 0 Å². The van der Waals surface area contributed by atoms with Gasteiger partial charge in [0.2, 0.25) is 0 Å². The van der Waals surface area contributed by atoms with Gasteiger partial charge in [-0.2, -0.15) is 0 Å². The van der Waals surface area contributed by atoms with Gasteiger partial charge in [-0.05, 0) is 19.1 Å². The maximum Gasteiger partial charge on any atom is 0.193 e. The lowest BCUT2D eigenvalue weighted by atomic mass is 10.1. The summed E-state index contributed by atoms with van der Waals surface area (Å²) in [6.07, 6.45) is 0.893. The summed E-state index contributed by atoms with van der Waals surface area (Å²) in [5.41, 5.74) is 2.54. The van der Waals surface area contributed by atoms with E-state index >= 15 is 0 Å². The Morgan fingerprint density at radius 2 is 1.90 bits per heavy atom. The van der Waals surface area contributed by atoms with Crippen LogP contribution in [0.1, 0.15) is 12.5 Å². The molecule has 2 aromatic carbocycles. The second kappa shape index (κ2) is 4.48. The second-order valence-electron chi connectivity index (χ2n) is 5.39. The molecule has 3 nitrogen and oxygen atoms in total. The van der Waals surface area contributed by atoms with Crippen molar-refractivity contribution in [2.75, 3.05) is 0 Å². The van der Waals surface area contributed by atoms with Crippen LogP contribution in [0.2, 0.25) is 0 Å². The standard InChI is InChI=1S/C18H14O3/c1-11-9-14-16(20-11)8-7-13-15(19)10-17(21-18(13)14)12-5-3-2-4-6-12/h2-8,10-11H,9H2,1H3/t11-/m1/s1. The van der Waals surface area contributed by atoms with E-state index in [4.69, 9.17) is 9.15 Å². The first-order chi connectivity index (χ1) is 10.2. The molecule has 0 fully saturated rings. The van der Waals surface area contributed by atoms with Gasteiger partial charge in [0.05, 0.1) is 5.39 Å². The Bertz CT molecular complexity index is 878. The Morgan fingerprint density at radius 1 is 1.10 bits per heavy atom. The first-order valence-corrected chi connectivity index (χ1v) is 7.04. The zero-order chi connectivity index (χ0) is 14.4. The molecular formula is C18H14O3. The first-order valence-electron chi connectivity index (χ1n) is 7.04. The smallest absolute Gasteiger partial charge is 0.193 e. The van der Waals surface area contributed by atoms with Gasteiger partial charge in [0.15, 0.2) is 5.43 Å². The third-order valence-electron chi connectivity index (χ3n) is 3.84. The van der Waals surface area contributed by atoms with Crippen LogP contribution >= 0.6 is 0 Å². The van der Waals surface area contributed by atoms with Crippen LogP contribution in [0.5, 0.6) is 5.75 Å². The summed E-state index contributed by atoms with van der Waals surface area (Å²) in [6.45, 7) is 2.02. The van der Waals surface area contributed by atoms with Crippen molar-refractivity contribution in [1.29, 1.82) is 0 Å². The summed E-state index contributed by atoms with van der Waals surface area (Å²) < 4.78 is 11.8. The molecule has 0 unspecified atom stereocenters. The Morgan fingerprint density at radius 3 is 2.71 bits per heavy atom. The summed E-state index contributed by atoms with van der Waals surface area (Å²) in [4.78, 5) is 12.4. The highest BCUT2D eigenvalue weighted by Gasteiger charge is 2.23. The summed E-state index contributed by atoms with van der Waals surface area (Å²) in [6, 6.07) is 14.9. The molecule has 0 saturated carbocycles. The van der Waals surface area contributed by atoms with E-state index in [0.29, 0.717) is 16.7 Å². The molecule has 2 heterocycles. The van der Waals surface area contributed by atoms with E-state index in [-0.39, 0.29) is 11.5 Å². The van der Waals surface area contributed by atoms with Crippen molar-refractivity contribution >= 4 is 11.0 Å². The summed E-state index contributed by atoms with van der Waals surface area (Å²) in [5.74, 6) is 1.42. The van der Waals surface area contributed by atoms with Crippen molar-refractivity contribution in [2.45, 2.75) is 19.4 Å². The van der Waals surface area contributed by atoms with E-state index in [9.17, 15) is 4.79 Å². The Hall–Kier alpha value is -2.55. The van der Waals surface area contributed by atoms with Crippen LogP contribution in [-0.4, -0.2) is 6.10 Å². The number of rotatable bonds is 1. The fraction of sp³-hybridized carbons (Fsp3) is 0.167. The lowest BCUT2D eigenvalue weighted by molar-refractivity contribution is 0.254. The summed E-state index contributed by atoms with van der Waals surface area (Å²) >= 11 is 0. The summed E-state index contributed by atoms with van der Waals surface area (Å²) in [7, 11) is 0. The zero-order valence-corrected chi connectivity index (χ0v) is 11.6. The van der Waals surface area contributed by atoms with Crippen molar-refractivity contribution < 1.29 is 9.15 Å². The maximum absolute atomic E-state index is 12.4. The lowest BCUT2D eigenvalue weighted by Gasteiger charge is -2.06. The second-order valence-corrected chi connectivity index (χ2v) is 5.39. The van der Waals surface area contributed by atoms with Crippen LogP contribution in [0, 0.1) is 0 Å². The Kier molecular flexibility index (Phi) is 2.61. The zero-order valence-electron chi connectivity index (χ0n) is 11.6. The number of benzene rings is 2. The van der Waals surface area contributed by atoms with Gasteiger partial charge in [-0.1, -0.05) is 30.3 Å². The van der Waals surface area contributed by atoms with E-state index in [0.717, 1.165) is 23.3 Å². The van der Waals surface area contributed by atoms with E-state index in [1.54, 1.807) is 12.1 Å². The van der Waals surface area contributed by atoms with E-state index in [2.05, 4.69) is 0 Å². The first kappa shape index (κ1) is 12.2. The number of hydrogen-bond donors (Lipinski definition) is 0. The largest absolute Gasteiger partial charge is 0.490 e. The minimum atomic E-state index is -0.0162. The van der Waals surface area contributed by atoms with Crippen molar-refractivity contribution in [3.8, 4) is 17.1 Å². The molecule has 3 aromatic rings. The van der Waals surface area contributed by atoms with E-state index in [1.807, 2.05) is 43.3 Å². The van der Waals surface area contributed by atoms with Gasteiger partial charge in [0.1, 0.15) is 23.2 Å². The van der Waals surface area contributed by atoms with Crippen molar-refractivity contribution in [3.63, 3.8) is 0 Å². The van der Waals surface area contributed by atoms with Crippen LogP contribution in [0.15, 0.2) is 57.7 Å². The highest BCUT2D eigenvalue weighted by Crippen LogP contribution is 2.35. The van der Waals surface area contributed by atoms with Gasteiger partial charge < -0.3 is 9.15 Å². The molecule has 0 aliphatic carbocycles. The molecular weight excluding hydrogens is 264 g/mol. The quantitative estimate of drug-likeness (QED) is 0.680. The van der Waals surface area contributed by atoms with Gasteiger partial charge in [-0.15, -0.1) is 0 Å². The highest BCUT2D eigenvalue weighted by atomic mass is 16.5. The number of hydrogen-bond acceptors (Lipinski definition) is 3. The number of fused-ring (bicyclic) bond motifs is 3. The summed E-state index contributed by atoms with van der Waals surface area (Å²) in [5, 5.41) is 0.617. The van der Waals surface area contributed by atoms with Crippen LogP contribution in [0.4, 0.5) is 0 Å². The molecule has 0 bridgehead atoms. The van der Waals surface area contributed by atoms with Crippen molar-refractivity contribution in [3.05, 3.63) is 64.3 Å². The minimum absolute atomic E-state index is 0.0162. The van der Waals surface area contributed by atoms with Gasteiger partial charge in [-0.3, -0.25) is 4.79 Å². The fourth-order valence-corrected chi connectivity index (χ4v) is 2.85. The van der Waals surface area contributed by atoms with Crippen LogP contribution < -0.4 is 10.2 Å². The molecule has 0 amide bonds. The van der Waals surface area contributed by atoms with Crippen molar-refractivity contribution in [1.82, 2.24) is 0 Å². The van der Waals surface area contributed by atoms with Crippen LogP contribution in [-0.2, 0) is 6.42 Å². The van der Waals surface area contributed by atoms with Gasteiger partial charge in [0, 0.05) is 23.6 Å². The molecule has 104 valence electrons. The van der Waals surface area contributed by atoms with Gasteiger partial charge >= 0.3 is 0 Å². The molecule has 1 aliphatic heterocycles. The van der Waals surface area contributed by atoms with E-state index < -0.39 is 0 Å². The fourth-order valence-electron chi connectivity index (χ4n) is 2.85. The monoisotopic (exact) mass is 278 g/mol. The molecule has 0 spiro atoms. The normalized spacial score (nSPS) is 16.7. The molecule has 1 atom stereocenters. The molecule has 1 aromatic heterocycles. The molecule has 3 heteroatoms. The third kappa shape index (κ3) is 1.93. The predicted octanol–water partition coefficient (Wildman–Crippen LogP) is 3.78. The molecule has 0 radical (unpaired) electrons. The highest BCUT2D eigenvalue weighted by molar-refractivity contribution is 5.84. The maximum atomic E-state index is 12.4. The minimum Gasteiger partial charge on any atom is -0.490 e. The van der Waals surface area contributed by atoms with E-state index in [1.165, 1.54) is 0 Å². The average Bonchev–Trinajstić information content (AvgIpc) is 2.89. The van der Waals surface area contributed by atoms with Crippen LogP contribution in [0.25, 0.3) is 22.3 Å². The van der Waals surface area contributed by atoms with Crippen molar-refractivity contribution in [2.24, 2.45) is 0 Å². The topological polar surface area (TPSA) is 39.4 Å². The molecule has 1 aliphatic rings.